The molecule has 1 heterocycles. The van der Waals surface area contributed by atoms with Gasteiger partial charge in [0.1, 0.15) is 5.82 Å². The van der Waals surface area contributed by atoms with E-state index in [1.807, 2.05) is 12.1 Å². The van der Waals surface area contributed by atoms with E-state index in [2.05, 4.69) is 15.6 Å². The number of hydrogen-bond acceptors (Lipinski definition) is 4. The van der Waals surface area contributed by atoms with E-state index < -0.39 is 6.04 Å². The van der Waals surface area contributed by atoms with Crippen LogP contribution in [0.15, 0.2) is 48.8 Å². The predicted molar refractivity (Wildman–Crippen MR) is 121 cm³/mol. The molecule has 4 rings (SSSR count). The van der Waals surface area contributed by atoms with E-state index in [-0.39, 0.29) is 34.9 Å². The average molecular weight is 439 g/mol. The van der Waals surface area contributed by atoms with Gasteiger partial charge in [0, 0.05) is 36.0 Å². The summed E-state index contributed by atoms with van der Waals surface area (Å²) < 4.78 is 13.3. The highest BCUT2D eigenvalue weighted by molar-refractivity contribution is 5.92. The summed E-state index contributed by atoms with van der Waals surface area (Å²) in [5.74, 6) is -0.365. The van der Waals surface area contributed by atoms with Crippen LogP contribution in [-0.4, -0.2) is 29.4 Å². The first kappa shape index (κ1) is 22.4. The number of aromatic nitrogens is 1. The lowest BCUT2D eigenvalue weighted by atomic mass is 9.64. The van der Waals surface area contributed by atoms with Crippen molar-refractivity contribution in [3.05, 3.63) is 60.2 Å². The Labute approximate surface area is 188 Å². The molecule has 1 aromatic carbocycles. The van der Waals surface area contributed by atoms with Crippen molar-refractivity contribution in [2.24, 2.45) is 17.6 Å². The van der Waals surface area contributed by atoms with Gasteiger partial charge in [-0.3, -0.25) is 14.6 Å². The summed E-state index contributed by atoms with van der Waals surface area (Å²) >= 11 is 0. The van der Waals surface area contributed by atoms with Crippen LogP contribution in [-0.2, 0) is 15.0 Å². The van der Waals surface area contributed by atoms with Gasteiger partial charge in [0.2, 0.25) is 11.8 Å². The first-order valence-electron chi connectivity index (χ1n) is 11.5. The molecule has 32 heavy (non-hydrogen) atoms. The summed E-state index contributed by atoms with van der Waals surface area (Å²) in [7, 11) is 0. The minimum atomic E-state index is -0.579. The highest BCUT2D eigenvalue weighted by Crippen LogP contribution is 2.43. The molecule has 2 saturated carbocycles. The van der Waals surface area contributed by atoms with Gasteiger partial charge < -0.3 is 16.4 Å². The summed E-state index contributed by atoms with van der Waals surface area (Å²) in [6.45, 7) is 0.523. The summed E-state index contributed by atoms with van der Waals surface area (Å²) in [5.41, 5.74) is 8.01. The van der Waals surface area contributed by atoms with Crippen LogP contribution < -0.4 is 16.4 Å². The van der Waals surface area contributed by atoms with Crippen LogP contribution in [0.1, 0.15) is 50.5 Å². The minimum absolute atomic E-state index is 0.0129. The molecule has 6 nitrogen and oxygen atoms in total. The first-order chi connectivity index (χ1) is 15.5. The number of halogens is 1. The Hall–Kier alpha value is -2.80. The maximum absolute atomic E-state index is 13.3. The SMILES string of the molecule is NC(C(=O)NCC1(c2ccc(F)cc2)CCC1)C1CCC(C(=O)Nc2ccncc2)CC1. The van der Waals surface area contributed by atoms with E-state index in [1.54, 1.807) is 24.5 Å². The van der Waals surface area contributed by atoms with Gasteiger partial charge in [0.05, 0.1) is 6.04 Å². The fourth-order valence-electron chi connectivity index (χ4n) is 4.98. The first-order valence-corrected chi connectivity index (χ1v) is 11.5. The average Bonchev–Trinajstić information content (AvgIpc) is 2.79. The molecule has 4 N–H and O–H groups in total. The number of pyridine rings is 1. The van der Waals surface area contributed by atoms with Crippen molar-refractivity contribution in [3.8, 4) is 0 Å². The number of rotatable bonds is 7. The second-order valence-electron chi connectivity index (χ2n) is 9.22. The molecular weight excluding hydrogens is 407 g/mol. The quantitative estimate of drug-likeness (QED) is 0.616. The van der Waals surface area contributed by atoms with E-state index in [0.29, 0.717) is 6.54 Å². The second kappa shape index (κ2) is 9.77. The molecule has 0 aliphatic heterocycles. The lowest BCUT2D eigenvalue weighted by Gasteiger charge is -2.43. The van der Waals surface area contributed by atoms with Crippen LogP contribution in [0.3, 0.4) is 0 Å². The van der Waals surface area contributed by atoms with E-state index >= 15 is 0 Å². The van der Waals surface area contributed by atoms with Crippen molar-refractivity contribution in [2.75, 3.05) is 11.9 Å². The third-order valence-electron chi connectivity index (χ3n) is 7.27. The van der Waals surface area contributed by atoms with Gasteiger partial charge in [-0.2, -0.15) is 0 Å². The van der Waals surface area contributed by atoms with Crippen LogP contribution in [0, 0.1) is 17.7 Å². The molecule has 0 radical (unpaired) electrons. The largest absolute Gasteiger partial charge is 0.354 e. The molecular formula is C25H31FN4O2. The molecule has 1 aromatic heterocycles. The van der Waals surface area contributed by atoms with Gasteiger partial charge in [0.15, 0.2) is 0 Å². The Morgan fingerprint density at radius 3 is 2.31 bits per heavy atom. The Morgan fingerprint density at radius 2 is 1.72 bits per heavy atom. The number of amides is 2. The number of nitrogens with one attached hydrogen (secondary N) is 2. The maximum Gasteiger partial charge on any atom is 0.237 e. The maximum atomic E-state index is 13.3. The standard InChI is InChI=1S/C25H31FN4O2/c26-20-8-6-19(7-9-20)25(12-1-13-25)16-29-24(32)22(27)17-2-4-18(5-3-17)23(31)30-21-10-14-28-15-11-21/h6-11,14-15,17-18,22H,1-5,12-13,16,27H2,(H,29,32)(H,28,30,31). The molecule has 0 saturated heterocycles. The van der Waals surface area contributed by atoms with Crippen molar-refractivity contribution in [1.29, 1.82) is 0 Å². The number of benzene rings is 1. The monoisotopic (exact) mass is 438 g/mol. The predicted octanol–water partition coefficient (Wildman–Crippen LogP) is 3.53. The van der Waals surface area contributed by atoms with E-state index in [0.717, 1.165) is 56.2 Å². The van der Waals surface area contributed by atoms with Crippen molar-refractivity contribution in [1.82, 2.24) is 10.3 Å². The van der Waals surface area contributed by atoms with Crippen LogP contribution in [0.2, 0.25) is 0 Å². The lowest BCUT2D eigenvalue weighted by molar-refractivity contribution is -0.124. The van der Waals surface area contributed by atoms with Crippen LogP contribution in [0.5, 0.6) is 0 Å². The third-order valence-corrected chi connectivity index (χ3v) is 7.27. The molecule has 170 valence electrons. The number of carbonyl (C=O) groups is 2. The Kier molecular flexibility index (Phi) is 6.84. The number of hydrogen-bond donors (Lipinski definition) is 3. The molecule has 0 bridgehead atoms. The summed E-state index contributed by atoms with van der Waals surface area (Å²) in [5, 5.41) is 5.99. The Balaban J connectivity index is 1.26. The van der Waals surface area contributed by atoms with Crippen LogP contribution in [0.4, 0.5) is 10.1 Å². The van der Waals surface area contributed by atoms with Gasteiger partial charge in [-0.1, -0.05) is 18.6 Å². The highest BCUT2D eigenvalue weighted by Gasteiger charge is 2.40. The molecule has 7 heteroatoms. The minimum Gasteiger partial charge on any atom is -0.354 e. The van der Waals surface area contributed by atoms with Gasteiger partial charge in [0.25, 0.3) is 0 Å². The van der Waals surface area contributed by atoms with E-state index in [4.69, 9.17) is 5.73 Å². The molecule has 2 amide bonds. The van der Waals surface area contributed by atoms with E-state index in [9.17, 15) is 14.0 Å². The zero-order valence-corrected chi connectivity index (χ0v) is 18.2. The van der Waals surface area contributed by atoms with E-state index in [1.165, 1.54) is 12.1 Å². The van der Waals surface area contributed by atoms with Gasteiger partial charge in [-0.05, 0) is 74.3 Å². The van der Waals surface area contributed by atoms with Crippen LogP contribution in [0.25, 0.3) is 0 Å². The number of anilines is 1. The van der Waals surface area contributed by atoms with Gasteiger partial charge >= 0.3 is 0 Å². The third kappa shape index (κ3) is 4.99. The highest BCUT2D eigenvalue weighted by atomic mass is 19.1. The van der Waals surface area contributed by atoms with Crippen molar-refractivity contribution >= 4 is 17.5 Å². The number of nitrogens with zero attached hydrogens (tertiary/aromatic N) is 1. The number of nitrogens with two attached hydrogens (primary N) is 1. The number of carbonyl (C=O) groups excluding carboxylic acids is 2. The van der Waals surface area contributed by atoms with Crippen molar-refractivity contribution in [3.63, 3.8) is 0 Å². The van der Waals surface area contributed by atoms with Gasteiger partial charge in [-0.15, -0.1) is 0 Å². The van der Waals surface area contributed by atoms with Crippen molar-refractivity contribution < 1.29 is 14.0 Å². The molecule has 2 aromatic rings. The van der Waals surface area contributed by atoms with Gasteiger partial charge in [-0.25, -0.2) is 4.39 Å². The fraction of sp³-hybridized carbons (Fsp3) is 0.480. The lowest BCUT2D eigenvalue weighted by Crippen LogP contribution is -2.52. The zero-order chi connectivity index (χ0) is 22.6. The zero-order valence-electron chi connectivity index (χ0n) is 18.2. The molecule has 2 aliphatic rings. The smallest absolute Gasteiger partial charge is 0.237 e. The molecule has 2 fully saturated rings. The summed E-state index contributed by atoms with van der Waals surface area (Å²) in [6.07, 6.45) is 9.31. The molecule has 1 atom stereocenters. The Morgan fingerprint density at radius 1 is 1.06 bits per heavy atom. The van der Waals surface area contributed by atoms with Crippen LogP contribution >= 0.6 is 0 Å². The molecule has 2 aliphatic carbocycles. The summed E-state index contributed by atoms with van der Waals surface area (Å²) in [4.78, 5) is 29.3. The Bertz CT molecular complexity index is 923. The fourth-order valence-corrected chi connectivity index (χ4v) is 4.98. The summed E-state index contributed by atoms with van der Waals surface area (Å²) in [6, 6.07) is 9.55. The normalized spacial score (nSPS) is 22.9. The topological polar surface area (TPSA) is 97.1 Å². The second-order valence-corrected chi connectivity index (χ2v) is 9.22. The van der Waals surface area contributed by atoms with Crippen molar-refractivity contribution in [2.45, 2.75) is 56.4 Å². The molecule has 1 unspecified atom stereocenters. The molecule has 0 spiro atoms.